The van der Waals surface area contributed by atoms with E-state index >= 15 is 0 Å². The van der Waals surface area contributed by atoms with Crippen LogP contribution in [0.3, 0.4) is 0 Å². The molecule has 1 aliphatic rings. The van der Waals surface area contributed by atoms with Crippen LogP contribution in [0, 0.1) is 6.92 Å². The van der Waals surface area contributed by atoms with E-state index in [1.807, 2.05) is 33.0 Å². The molecule has 1 fully saturated rings. The molecule has 108 valence electrons. The molecular formula is C15H26N2O2. The minimum atomic E-state index is 0.185. The van der Waals surface area contributed by atoms with Gasteiger partial charge >= 0.3 is 0 Å². The molecule has 1 aliphatic heterocycles. The van der Waals surface area contributed by atoms with E-state index in [0.717, 1.165) is 30.8 Å². The summed E-state index contributed by atoms with van der Waals surface area (Å²) in [6.07, 6.45) is 4.09. The zero-order chi connectivity index (χ0) is 14.3. The van der Waals surface area contributed by atoms with Gasteiger partial charge in [0.15, 0.2) is 0 Å². The van der Waals surface area contributed by atoms with Gasteiger partial charge in [-0.05, 0) is 31.9 Å². The van der Waals surface area contributed by atoms with Crippen molar-refractivity contribution in [1.82, 2.24) is 4.98 Å². The number of nitrogens with zero attached hydrogens (tertiary/aromatic N) is 2. The molecule has 4 heteroatoms. The van der Waals surface area contributed by atoms with Crippen molar-refractivity contribution in [1.29, 1.82) is 0 Å². The lowest BCUT2D eigenvalue weighted by atomic mass is 10.00. The normalized spacial score (nSPS) is 22.7. The summed E-state index contributed by atoms with van der Waals surface area (Å²) in [5, 5.41) is 9.43. The van der Waals surface area contributed by atoms with Gasteiger partial charge in [-0.2, -0.15) is 0 Å². The van der Waals surface area contributed by atoms with Crippen LogP contribution in [0.5, 0.6) is 0 Å². The molecule has 1 aromatic rings. The van der Waals surface area contributed by atoms with Crippen LogP contribution in [0.25, 0.3) is 0 Å². The lowest BCUT2D eigenvalue weighted by Crippen LogP contribution is -2.48. The van der Waals surface area contributed by atoms with Gasteiger partial charge in [0.05, 0.1) is 30.6 Å². The smallest absolute Gasteiger partial charge is 0.0747 e. The molecule has 2 rings (SSSR count). The summed E-state index contributed by atoms with van der Waals surface area (Å²) in [6, 6.07) is 4.24. The molecule has 0 amide bonds. The number of aromatic nitrogens is 1. The Morgan fingerprint density at radius 2 is 2.11 bits per heavy atom. The Hall–Kier alpha value is -1.13. The summed E-state index contributed by atoms with van der Waals surface area (Å²) >= 11 is 0. The molecule has 1 N–H and O–H groups in total. The second kappa shape index (κ2) is 8.12. The van der Waals surface area contributed by atoms with Crippen LogP contribution in [0.1, 0.15) is 32.4 Å². The Labute approximate surface area is 116 Å². The molecule has 1 saturated heterocycles. The molecule has 19 heavy (non-hydrogen) atoms. The van der Waals surface area contributed by atoms with Crippen molar-refractivity contribution < 1.29 is 9.84 Å². The van der Waals surface area contributed by atoms with E-state index in [2.05, 4.69) is 16.0 Å². The molecule has 0 spiro atoms. The molecule has 0 aliphatic carbocycles. The van der Waals surface area contributed by atoms with Crippen molar-refractivity contribution in [2.45, 2.75) is 45.8 Å². The molecule has 0 saturated carbocycles. The molecule has 0 unspecified atom stereocenters. The zero-order valence-corrected chi connectivity index (χ0v) is 12.5. The first-order valence-electron chi connectivity index (χ1n) is 7.07. The molecule has 0 bridgehead atoms. The number of methoxy groups -OCH3 is 1. The lowest BCUT2D eigenvalue weighted by Gasteiger charge is -2.39. The van der Waals surface area contributed by atoms with E-state index in [1.54, 1.807) is 7.11 Å². The molecule has 4 nitrogen and oxygen atoms in total. The van der Waals surface area contributed by atoms with E-state index in [0.29, 0.717) is 0 Å². The maximum Gasteiger partial charge on any atom is 0.0747 e. The Balaban J connectivity index is 0.000000861. The third kappa shape index (κ3) is 4.18. The fourth-order valence-corrected chi connectivity index (χ4v) is 2.32. The summed E-state index contributed by atoms with van der Waals surface area (Å²) in [6.45, 7) is 6.98. The third-order valence-electron chi connectivity index (χ3n) is 3.43. The fourth-order valence-electron chi connectivity index (χ4n) is 2.32. The van der Waals surface area contributed by atoms with Crippen LogP contribution in [0.15, 0.2) is 18.3 Å². The maximum absolute atomic E-state index is 9.43. The predicted molar refractivity (Wildman–Crippen MR) is 78.6 cm³/mol. The summed E-state index contributed by atoms with van der Waals surface area (Å²) in [5.74, 6) is 0. The van der Waals surface area contributed by atoms with Crippen LogP contribution < -0.4 is 4.90 Å². The van der Waals surface area contributed by atoms with Gasteiger partial charge in [-0.15, -0.1) is 0 Å². The Bertz CT molecular complexity index is 354. The van der Waals surface area contributed by atoms with Crippen molar-refractivity contribution >= 4 is 5.69 Å². The quantitative estimate of drug-likeness (QED) is 0.912. The Kier molecular flexibility index (Phi) is 6.81. The minimum Gasteiger partial charge on any atom is -0.394 e. The summed E-state index contributed by atoms with van der Waals surface area (Å²) in [5.41, 5.74) is 2.07. The number of pyridine rings is 1. The van der Waals surface area contributed by atoms with E-state index < -0.39 is 0 Å². The highest BCUT2D eigenvalue weighted by Crippen LogP contribution is 2.25. The number of aliphatic hydroxyl groups excluding tert-OH is 1. The van der Waals surface area contributed by atoms with Crippen molar-refractivity contribution in [3.63, 3.8) is 0 Å². The van der Waals surface area contributed by atoms with Crippen molar-refractivity contribution in [3.05, 3.63) is 24.0 Å². The van der Waals surface area contributed by atoms with Gasteiger partial charge < -0.3 is 14.7 Å². The molecule has 0 radical (unpaired) electrons. The van der Waals surface area contributed by atoms with Gasteiger partial charge in [-0.3, -0.25) is 4.98 Å². The van der Waals surface area contributed by atoms with Crippen LogP contribution in [0.2, 0.25) is 0 Å². The predicted octanol–water partition coefficient (Wildman–Crippen LogP) is 2.39. The van der Waals surface area contributed by atoms with Gasteiger partial charge in [0.2, 0.25) is 0 Å². The zero-order valence-electron chi connectivity index (χ0n) is 12.5. The molecule has 0 aromatic carbocycles. The first-order chi connectivity index (χ1) is 9.24. The monoisotopic (exact) mass is 266 g/mol. The van der Waals surface area contributed by atoms with Gasteiger partial charge in [-0.1, -0.05) is 13.8 Å². The van der Waals surface area contributed by atoms with E-state index in [-0.39, 0.29) is 18.8 Å². The van der Waals surface area contributed by atoms with Gasteiger partial charge in [0, 0.05) is 19.3 Å². The number of piperidine rings is 1. The van der Waals surface area contributed by atoms with Crippen molar-refractivity contribution in [2.75, 3.05) is 25.2 Å². The van der Waals surface area contributed by atoms with Crippen LogP contribution >= 0.6 is 0 Å². The number of aliphatic hydroxyl groups is 1. The van der Waals surface area contributed by atoms with Crippen LogP contribution in [0.4, 0.5) is 5.69 Å². The fraction of sp³-hybridized carbons (Fsp3) is 0.667. The van der Waals surface area contributed by atoms with Gasteiger partial charge in [0.1, 0.15) is 0 Å². The summed E-state index contributed by atoms with van der Waals surface area (Å²) in [7, 11) is 1.75. The summed E-state index contributed by atoms with van der Waals surface area (Å²) in [4.78, 5) is 6.51. The summed E-state index contributed by atoms with van der Waals surface area (Å²) < 4.78 is 5.42. The first-order valence-corrected chi connectivity index (χ1v) is 7.07. The first kappa shape index (κ1) is 15.9. The number of rotatable bonds is 3. The number of anilines is 1. The largest absolute Gasteiger partial charge is 0.394 e. The molecular weight excluding hydrogens is 240 g/mol. The Morgan fingerprint density at radius 3 is 2.63 bits per heavy atom. The highest BCUT2D eigenvalue weighted by Gasteiger charge is 2.27. The molecule has 2 atom stereocenters. The standard InChI is InChI=1S/C13H20N2O2.C2H6/c1-10-3-4-11(7-14-10)15-8-13(17-2)6-5-12(15)9-16;1-2/h3-4,7,12-13,16H,5-6,8-9H2,1-2H3;1-2H3/t12-,13-;/m1./s1. The van der Waals surface area contributed by atoms with Crippen molar-refractivity contribution in [3.8, 4) is 0 Å². The van der Waals surface area contributed by atoms with Crippen LogP contribution in [-0.4, -0.2) is 42.5 Å². The number of hydrogen-bond acceptors (Lipinski definition) is 4. The second-order valence-electron chi connectivity index (χ2n) is 4.58. The maximum atomic E-state index is 9.43. The highest BCUT2D eigenvalue weighted by molar-refractivity contribution is 5.46. The topological polar surface area (TPSA) is 45.6 Å². The molecule has 2 heterocycles. The SMILES string of the molecule is CC.CO[C@@H]1CC[C@H](CO)N(c2ccc(C)nc2)C1. The highest BCUT2D eigenvalue weighted by atomic mass is 16.5. The van der Waals surface area contributed by atoms with E-state index in [1.165, 1.54) is 0 Å². The second-order valence-corrected chi connectivity index (χ2v) is 4.58. The third-order valence-corrected chi connectivity index (χ3v) is 3.43. The molecule has 1 aromatic heterocycles. The van der Waals surface area contributed by atoms with Crippen molar-refractivity contribution in [2.24, 2.45) is 0 Å². The number of hydrogen-bond donors (Lipinski definition) is 1. The minimum absolute atomic E-state index is 0.185. The lowest BCUT2D eigenvalue weighted by molar-refractivity contribution is 0.0744. The van der Waals surface area contributed by atoms with E-state index in [9.17, 15) is 5.11 Å². The van der Waals surface area contributed by atoms with Gasteiger partial charge in [0.25, 0.3) is 0 Å². The number of aryl methyl sites for hydroxylation is 1. The average Bonchev–Trinajstić information content (AvgIpc) is 2.49. The Morgan fingerprint density at radius 1 is 1.37 bits per heavy atom. The average molecular weight is 266 g/mol. The number of ether oxygens (including phenoxy) is 1. The van der Waals surface area contributed by atoms with Gasteiger partial charge in [-0.25, -0.2) is 0 Å². The van der Waals surface area contributed by atoms with E-state index in [4.69, 9.17) is 4.74 Å². The van der Waals surface area contributed by atoms with Crippen LogP contribution in [-0.2, 0) is 4.74 Å².